The topological polar surface area (TPSA) is 42.4 Å². The van der Waals surface area contributed by atoms with Crippen LogP contribution in [0.1, 0.15) is 23.1 Å². The lowest BCUT2D eigenvalue weighted by atomic mass is 10.1. The van der Waals surface area contributed by atoms with Gasteiger partial charge in [0.1, 0.15) is 5.75 Å². The highest BCUT2D eigenvalue weighted by molar-refractivity contribution is 6.05. The third-order valence-corrected chi connectivity index (χ3v) is 3.94. The number of halogens is 4. The number of pyridine rings is 1. The van der Waals surface area contributed by atoms with Crippen LogP contribution in [-0.2, 0) is 11.2 Å². The minimum absolute atomic E-state index is 0.282. The third kappa shape index (κ3) is 3.84. The van der Waals surface area contributed by atoms with E-state index in [-0.39, 0.29) is 11.5 Å². The highest BCUT2D eigenvalue weighted by Crippen LogP contribution is 2.31. The fourth-order valence-corrected chi connectivity index (χ4v) is 2.76. The molecule has 2 heterocycles. The predicted molar refractivity (Wildman–Crippen MR) is 87.4 cm³/mol. The van der Waals surface area contributed by atoms with Crippen molar-refractivity contribution in [3.8, 4) is 5.75 Å². The van der Waals surface area contributed by atoms with Gasteiger partial charge in [0, 0.05) is 25.0 Å². The van der Waals surface area contributed by atoms with E-state index in [1.165, 1.54) is 18.2 Å². The monoisotopic (exact) mass is 366 g/mol. The van der Waals surface area contributed by atoms with Crippen molar-refractivity contribution < 1.29 is 27.1 Å². The van der Waals surface area contributed by atoms with E-state index in [0.29, 0.717) is 13.0 Å². The number of amides is 1. The molecule has 1 amide bonds. The first-order chi connectivity index (χ1) is 12.5. The van der Waals surface area contributed by atoms with Crippen molar-refractivity contribution in [2.45, 2.75) is 19.5 Å². The molecule has 0 saturated heterocycles. The van der Waals surface area contributed by atoms with Crippen LogP contribution in [0.5, 0.6) is 5.75 Å². The summed E-state index contributed by atoms with van der Waals surface area (Å²) in [7, 11) is 0. The molecule has 0 fully saturated rings. The number of aromatic nitrogens is 1. The van der Waals surface area contributed by atoms with Crippen LogP contribution in [0.3, 0.4) is 0 Å². The van der Waals surface area contributed by atoms with Crippen LogP contribution in [0.15, 0.2) is 42.7 Å². The lowest BCUT2D eigenvalue weighted by Gasteiger charge is -2.14. The molecule has 0 atom stereocenters. The van der Waals surface area contributed by atoms with Crippen molar-refractivity contribution in [3.63, 3.8) is 0 Å². The molecule has 3 rings (SSSR count). The van der Waals surface area contributed by atoms with Crippen LogP contribution in [0, 0.1) is 0 Å². The summed E-state index contributed by atoms with van der Waals surface area (Å²) in [6, 6.07) is 5.12. The zero-order valence-electron chi connectivity index (χ0n) is 13.4. The van der Waals surface area contributed by atoms with E-state index in [0.717, 1.165) is 23.4 Å². The Hall–Kier alpha value is -2.90. The maximum atomic E-state index is 13.0. The number of ether oxygens (including phenoxy) is 1. The summed E-state index contributed by atoms with van der Waals surface area (Å²) in [5.41, 5.74) is 1.35. The molecule has 0 spiro atoms. The molecule has 2 aromatic rings. The largest absolute Gasteiger partial charge is 0.434 e. The summed E-state index contributed by atoms with van der Waals surface area (Å²) < 4.78 is 54.7. The van der Waals surface area contributed by atoms with Crippen molar-refractivity contribution in [1.82, 2.24) is 4.98 Å². The molecule has 1 aromatic carbocycles. The molecule has 0 unspecified atom stereocenters. The van der Waals surface area contributed by atoms with Crippen LogP contribution >= 0.6 is 0 Å². The smallest absolute Gasteiger partial charge is 0.387 e. The van der Waals surface area contributed by atoms with Gasteiger partial charge in [-0.1, -0.05) is 6.07 Å². The fraction of sp³-hybridized carbons (Fsp3) is 0.222. The molecule has 0 aliphatic carbocycles. The number of anilines is 1. The predicted octanol–water partition coefficient (Wildman–Crippen LogP) is 4.22. The van der Waals surface area contributed by atoms with Crippen LogP contribution in [0.2, 0.25) is 0 Å². The Labute approximate surface area is 146 Å². The van der Waals surface area contributed by atoms with Crippen molar-refractivity contribution in [2.75, 3.05) is 11.4 Å². The van der Waals surface area contributed by atoms with Crippen molar-refractivity contribution in [2.24, 2.45) is 0 Å². The van der Waals surface area contributed by atoms with Gasteiger partial charge in [-0.25, -0.2) is 8.78 Å². The van der Waals surface area contributed by atoms with Crippen molar-refractivity contribution in [3.05, 3.63) is 59.4 Å². The van der Waals surface area contributed by atoms with Gasteiger partial charge < -0.3 is 9.64 Å². The Morgan fingerprint density at radius 3 is 2.77 bits per heavy atom. The highest BCUT2D eigenvalue weighted by atomic mass is 19.3. The number of benzene rings is 1. The van der Waals surface area contributed by atoms with Gasteiger partial charge >= 0.3 is 6.61 Å². The molecule has 1 aliphatic rings. The summed E-state index contributed by atoms with van der Waals surface area (Å²) in [4.78, 5) is 17.9. The zero-order chi connectivity index (χ0) is 18.7. The van der Waals surface area contributed by atoms with Gasteiger partial charge in [-0.15, -0.1) is 0 Å². The third-order valence-electron chi connectivity index (χ3n) is 3.94. The van der Waals surface area contributed by atoms with Crippen LogP contribution in [0.25, 0.3) is 6.08 Å². The van der Waals surface area contributed by atoms with E-state index < -0.39 is 24.3 Å². The summed E-state index contributed by atoms with van der Waals surface area (Å²) in [6.45, 7) is -2.69. The van der Waals surface area contributed by atoms with Gasteiger partial charge in [0.05, 0.1) is 11.3 Å². The Balaban J connectivity index is 1.78. The molecule has 0 N–H and O–H groups in total. The number of hydrogen-bond acceptors (Lipinski definition) is 3. The second kappa shape index (κ2) is 7.55. The molecular formula is C18H14F4N2O2. The average Bonchev–Trinajstić information content (AvgIpc) is 3.04. The fourth-order valence-electron chi connectivity index (χ4n) is 2.76. The number of fused-ring (bicyclic) bond motifs is 1. The molecule has 0 radical (unpaired) electrons. The normalized spacial score (nSPS) is 13.7. The van der Waals surface area contributed by atoms with Crippen molar-refractivity contribution >= 4 is 17.7 Å². The number of carbonyl (C=O) groups excluding carboxylic acids is 1. The first kappa shape index (κ1) is 17.9. The molecule has 0 saturated carbocycles. The molecular weight excluding hydrogens is 352 g/mol. The Morgan fingerprint density at radius 2 is 2.04 bits per heavy atom. The average molecular weight is 366 g/mol. The quantitative estimate of drug-likeness (QED) is 0.588. The standard InChI is InChI=1S/C18H14F4N2O2/c19-17(20)13-9-11(1-3-15(13)26-18(21)22)2-4-16(25)24-8-6-12-10-23-7-5-14(12)24/h1-5,7,9-10,17-18H,6,8H2/b4-2+. The lowest BCUT2D eigenvalue weighted by Crippen LogP contribution is -2.26. The molecule has 26 heavy (non-hydrogen) atoms. The zero-order valence-corrected chi connectivity index (χ0v) is 13.4. The first-order valence-corrected chi connectivity index (χ1v) is 7.75. The lowest BCUT2D eigenvalue weighted by molar-refractivity contribution is -0.114. The van der Waals surface area contributed by atoms with Crippen LogP contribution < -0.4 is 9.64 Å². The highest BCUT2D eigenvalue weighted by Gasteiger charge is 2.23. The van der Waals surface area contributed by atoms with E-state index in [9.17, 15) is 22.4 Å². The number of hydrogen-bond donors (Lipinski definition) is 0. The summed E-state index contributed by atoms with van der Waals surface area (Å²) >= 11 is 0. The van der Waals surface area contributed by atoms with Crippen LogP contribution in [0.4, 0.5) is 23.2 Å². The van der Waals surface area contributed by atoms with Gasteiger partial charge in [0.25, 0.3) is 12.3 Å². The maximum Gasteiger partial charge on any atom is 0.387 e. The SMILES string of the molecule is O=C(/C=C/c1ccc(OC(F)F)c(C(F)F)c1)N1CCc2cnccc21. The van der Waals surface area contributed by atoms with Gasteiger partial charge in [-0.05, 0) is 41.8 Å². The number of alkyl halides is 4. The minimum Gasteiger partial charge on any atom is -0.434 e. The second-order valence-electron chi connectivity index (χ2n) is 5.55. The number of nitrogens with zero attached hydrogens (tertiary/aromatic N) is 2. The van der Waals surface area contributed by atoms with E-state index in [1.807, 2.05) is 0 Å². The van der Waals surface area contributed by atoms with E-state index in [1.54, 1.807) is 23.4 Å². The van der Waals surface area contributed by atoms with Gasteiger partial charge in [-0.3, -0.25) is 9.78 Å². The van der Waals surface area contributed by atoms with Crippen molar-refractivity contribution in [1.29, 1.82) is 0 Å². The summed E-state index contributed by atoms with van der Waals surface area (Å²) in [5.74, 6) is -0.888. The van der Waals surface area contributed by atoms with E-state index in [4.69, 9.17) is 0 Å². The summed E-state index contributed by atoms with van der Waals surface area (Å²) in [5, 5.41) is 0. The second-order valence-corrected chi connectivity index (χ2v) is 5.55. The van der Waals surface area contributed by atoms with E-state index in [2.05, 4.69) is 9.72 Å². The van der Waals surface area contributed by atoms with Gasteiger partial charge in [-0.2, -0.15) is 8.78 Å². The van der Waals surface area contributed by atoms with E-state index >= 15 is 0 Å². The van der Waals surface area contributed by atoms with Gasteiger partial charge in [0.2, 0.25) is 0 Å². The number of rotatable bonds is 5. The molecule has 0 bridgehead atoms. The molecule has 136 valence electrons. The van der Waals surface area contributed by atoms with Gasteiger partial charge in [0.15, 0.2) is 0 Å². The maximum absolute atomic E-state index is 13.0. The van der Waals surface area contributed by atoms with Crippen LogP contribution in [-0.4, -0.2) is 24.0 Å². The Kier molecular flexibility index (Phi) is 5.20. The minimum atomic E-state index is -3.19. The first-order valence-electron chi connectivity index (χ1n) is 7.75. The molecule has 1 aliphatic heterocycles. The molecule has 8 heteroatoms. The Bertz CT molecular complexity index is 840. The Morgan fingerprint density at radius 1 is 1.23 bits per heavy atom. The molecule has 4 nitrogen and oxygen atoms in total. The molecule has 1 aromatic heterocycles. The summed E-state index contributed by atoms with van der Waals surface area (Å²) in [6.07, 6.45) is 3.62. The number of carbonyl (C=O) groups is 1.